The third-order valence-electron chi connectivity index (χ3n) is 7.42. The Labute approximate surface area is 232 Å². The monoisotopic (exact) mass is 540 g/mol. The number of Topliss-reactive ketones (excluding diaryl/α,β-unsaturated/α-hetero) is 1. The predicted octanol–water partition coefficient (Wildman–Crippen LogP) is 9.10. The molecule has 0 spiro atoms. The van der Waals surface area contributed by atoms with Gasteiger partial charge in [0.15, 0.2) is 5.78 Å². The summed E-state index contributed by atoms with van der Waals surface area (Å²) in [5.41, 5.74) is 5.98. The SMILES string of the molecule is Cc1nn(Cc2ccc(-c3ccccc3)cc2)c2cc(C(=O)C[C@H](c3cccc(C(C)C)c3)C(F)(F)F)ccc12. The zero-order chi connectivity index (χ0) is 28.4. The molecule has 0 fully saturated rings. The van der Waals surface area contributed by atoms with E-state index in [0.29, 0.717) is 6.54 Å². The van der Waals surface area contributed by atoms with E-state index in [9.17, 15) is 18.0 Å². The quantitative estimate of drug-likeness (QED) is 0.184. The van der Waals surface area contributed by atoms with Crippen molar-refractivity contribution in [2.45, 2.75) is 51.7 Å². The molecule has 0 amide bonds. The van der Waals surface area contributed by atoms with Gasteiger partial charge in [-0.15, -0.1) is 0 Å². The average molecular weight is 541 g/mol. The van der Waals surface area contributed by atoms with Crippen LogP contribution >= 0.6 is 0 Å². The second-order valence-electron chi connectivity index (χ2n) is 10.6. The number of alkyl halides is 3. The van der Waals surface area contributed by atoms with Gasteiger partial charge in [-0.25, -0.2) is 0 Å². The molecule has 5 rings (SSSR count). The summed E-state index contributed by atoms with van der Waals surface area (Å²) in [5.74, 6) is -2.33. The minimum Gasteiger partial charge on any atom is -0.294 e. The number of fused-ring (bicyclic) bond motifs is 1. The number of carbonyl (C=O) groups excluding carboxylic acids is 1. The summed E-state index contributed by atoms with van der Waals surface area (Å²) in [5, 5.41) is 5.54. The molecule has 0 aliphatic carbocycles. The third kappa shape index (κ3) is 5.86. The molecular formula is C34H31F3N2O. The first-order valence-electron chi connectivity index (χ1n) is 13.4. The van der Waals surface area contributed by atoms with E-state index in [1.165, 1.54) is 6.07 Å². The molecule has 0 N–H and O–H groups in total. The van der Waals surface area contributed by atoms with Crippen LogP contribution in [0.2, 0.25) is 0 Å². The number of hydrogen-bond acceptors (Lipinski definition) is 2. The van der Waals surface area contributed by atoms with Gasteiger partial charge in [-0.2, -0.15) is 18.3 Å². The van der Waals surface area contributed by atoms with Crippen molar-refractivity contribution in [1.29, 1.82) is 0 Å². The summed E-state index contributed by atoms with van der Waals surface area (Å²) < 4.78 is 44.3. The van der Waals surface area contributed by atoms with Crippen LogP contribution in [0.4, 0.5) is 13.2 Å². The molecule has 5 aromatic rings. The molecule has 1 atom stereocenters. The lowest BCUT2D eigenvalue weighted by Crippen LogP contribution is -2.24. The standard InChI is InChI=1S/C34H31F3N2O/c1-22(2)27-10-7-11-28(18-27)31(34(35,36)37)20-33(40)29-16-17-30-23(3)38-39(32(30)19-29)21-24-12-14-26(15-13-24)25-8-5-4-6-9-25/h4-19,22,31H,20-21H2,1-3H3/t31-/m1/s1. The van der Waals surface area contributed by atoms with Crippen molar-refractivity contribution in [1.82, 2.24) is 9.78 Å². The van der Waals surface area contributed by atoms with Crippen LogP contribution in [-0.4, -0.2) is 21.7 Å². The maximum absolute atomic E-state index is 14.1. The van der Waals surface area contributed by atoms with Crippen molar-refractivity contribution in [3.63, 3.8) is 0 Å². The smallest absolute Gasteiger partial charge is 0.294 e. The van der Waals surface area contributed by atoms with Crippen LogP contribution in [0.15, 0.2) is 97.1 Å². The summed E-state index contributed by atoms with van der Waals surface area (Å²) in [6, 6.07) is 29.8. The van der Waals surface area contributed by atoms with Crippen molar-refractivity contribution < 1.29 is 18.0 Å². The van der Waals surface area contributed by atoms with E-state index in [2.05, 4.69) is 29.4 Å². The molecule has 3 nitrogen and oxygen atoms in total. The largest absolute Gasteiger partial charge is 0.396 e. The minimum atomic E-state index is -4.54. The van der Waals surface area contributed by atoms with Gasteiger partial charge >= 0.3 is 6.18 Å². The van der Waals surface area contributed by atoms with Crippen molar-refractivity contribution in [2.24, 2.45) is 0 Å². The topological polar surface area (TPSA) is 34.9 Å². The van der Waals surface area contributed by atoms with Crippen LogP contribution in [0.25, 0.3) is 22.0 Å². The number of halogens is 3. The zero-order valence-electron chi connectivity index (χ0n) is 22.7. The Balaban J connectivity index is 1.41. The van der Waals surface area contributed by atoms with Crippen LogP contribution in [0.3, 0.4) is 0 Å². The lowest BCUT2D eigenvalue weighted by atomic mass is 9.88. The van der Waals surface area contributed by atoms with E-state index in [1.54, 1.807) is 30.3 Å². The van der Waals surface area contributed by atoms with Crippen LogP contribution in [0.1, 0.15) is 64.8 Å². The zero-order valence-corrected chi connectivity index (χ0v) is 22.7. The van der Waals surface area contributed by atoms with Crippen LogP contribution in [-0.2, 0) is 6.54 Å². The van der Waals surface area contributed by atoms with E-state index >= 15 is 0 Å². The molecule has 4 aromatic carbocycles. The van der Waals surface area contributed by atoms with Gasteiger partial charge < -0.3 is 0 Å². The van der Waals surface area contributed by atoms with E-state index in [4.69, 9.17) is 0 Å². The first-order valence-corrected chi connectivity index (χ1v) is 13.4. The fourth-order valence-electron chi connectivity index (χ4n) is 5.10. The fraction of sp³-hybridized carbons (Fsp3) is 0.235. The Hall–Kier alpha value is -4.19. The number of aryl methyl sites for hydroxylation is 1. The molecule has 1 aromatic heterocycles. The fourth-order valence-corrected chi connectivity index (χ4v) is 5.10. The van der Waals surface area contributed by atoms with Crippen molar-refractivity contribution >= 4 is 16.7 Å². The van der Waals surface area contributed by atoms with E-state index in [1.807, 2.05) is 61.9 Å². The minimum absolute atomic E-state index is 0.0880. The maximum Gasteiger partial charge on any atom is 0.396 e. The van der Waals surface area contributed by atoms with E-state index in [-0.39, 0.29) is 17.0 Å². The summed E-state index contributed by atoms with van der Waals surface area (Å²) >= 11 is 0. The maximum atomic E-state index is 14.1. The van der Waals surface area contributed by atoms with Gasteiger partial charge in [0.05, 0.1) is 23.7 Å². The molecule has 0 unspecified atom stereocenters. The predicted molar refractivity (Wildman–Crippen MR) is 154 cm³/mol. The second-order valence-corrected chi connectivity index (χ2v) is 10.6. The first kappa shape index (κ1) is 27.4. The lowest BCUT2D eigenvalue weighted by molar-refractivity contribution is -0.149. The van der Waals surface area contributed by atoms with Gasteiger partial charge in [-0.05, 0) is 46.7 Å². The number of ketones is 1. The molecule has 0 radical (unpaired) electrons. The van der Waals surface area contributed by atoms with Gasteiger partial charge in [0.2, 0.25) is 0 Å². The van der Waals surface area contributed by atoms with E-state index < -0.39 is 24.3 Å². The molecule has 204 valence electrons. The summed E-state index contributed by atoms with van der Waals surface area (Å²) in [4.78, 5) is 13.3. The Bertz CT molecular complexity index is 1630. The summed E-state index contributed by atoms with van der Waals surface area (Å²) in [6.45, 7) is 6.24. The Kier molecular flexibility index (Phi) is 7.61. The summed E-state index contributed by atoms with van der Waals surface area (Å²) in [6.07, 6.45) is -5.19. The Morgan fingerprint density at radius 3 is 2.17 bits per heavy atom. The van der Waals surface area contributed by atoms with Gasteiger partial charge in [0.25, 0.3) is 0 Å². The third-order valence-corrected chi connectivity index (χ3v) is 7.42. The highest BCUT2D eigenvalue weighted by atomic mass is 19.4. The highest BCUT2D eigenvalue weighted by molar-refractivity contribution is 6.00. The Morgan fingerprint density at radius 1 is 0.825 bits per heavy atom. The van der Waals surface area contributed by atoms with Gasteiger partial charge in [0, 0.05) is 17.4 Å². The summed E-state index contributed by atoms with van der Waals surface area (Å²) in [7, 11) is 0. The van der Waals surface area contributed by atoms with Gasteiger partial charge in [-0.3, -0.25) is 9.48 Å². The molecule has 0 saturated carbocycles. The molecule has 0 aliphatic rings. The van der Waals surface area contributed by atoms with Gasteiger partial charge in [0.1, 0.15) is 0 Å². The van der Waals surface area contributed by atoms with E-state index in [0.717, 1.165) is 38.9 Å². The average Bonchev–Trinajstić information content (AvgIpc) is 3.26. The van der Waals surface area contributed by atoms with Crippen molar-refractivity contribution in [3.05, 3.63) is 125 Å². The number of hydrogen-bond donors (Lipinski definition) is 0. The number of rotatable bonds is 8. The first-order chi connectivity index (χ1) is 19.1. The van der Waals surface area contributed by atoms with Gasteiger partial charge in [-0.1, -0.05) is 105 Å². The number of aromatic nitrogens is 2. The van der Waals surface area contributed by atoms with Crippen molar-refractivity contribution in [3.8, 4) is 11.1 Å². The van der Waals surface area contributed by atoms with Crippen LogP contribution in [0.5, 0.6) is 0 Å². The molecule has 0 saturated heterocycles. The second kappa shape index (κ2) is 11.1. The molecular weight excluding hydrogens is 509 g/mol. The molecule has 6 heteroatoms. The molecule has 40 heavy (non-hydrogen) atoms. The lowest BCUT2D eigenvalue weighted by Gasteiger charge is -2.21. The highest BCUT2D eigenvalue weighted by Gasteiger charge is 2.42. The molecule has 0 bridgehead atoms. The molecule has 1 heterocycles. The number of benzene rings is 4. The van der Waals surface area contributed by atoms with Crippen LogP contribution < -0.4 is 0 Å². The number of carbonyl (C=O) groups is 1. The highest BCUT2D eigenvalue weighted by Crippen LogP contribution is 2.39. The Morgan fingerprint density at radius 2 is 1.50 bits per heavy atom. The van der Waals surface area contributed by atoms with Crippen LogP contribution in [0, 0.1) is 6.92 Å². The normalized spacial score (nSPS) is 12.7. The molecule has 0 aliphatic heterocycles. The number of nitrogens with zero attached hydrogens (tertiary/aromatic N) is 2. The van der Waals surface area contributed by atoms with Crippen molar-refractivity contribution in [2.75, 3.05) is 0 Å².